The van der Waals surface area contributed by atoms with Crippen molar-refractivity contribution in [3.05, 3.63) is 42.5 Å². The molecule has 1 saturated heterocycles. The summed E-state index contributed by atoms with van der Waals surface area (Å²) in [5.41, 5.74) is 0.899. The Balaban J connectivity index is 1.77. The number of hydrogen-bond donors (Lipinski definition) is 1. The van der Waals surface area contributed by atoms with Gasteiger partial charge < -0.3 is 29.0 Å². The molecule has 186 valence electrons. The lowest BCUT2D eigenvalue weighted by Crippen LogP contribution is -2.54. The van der Waals surface area contributed by atoms with Crippen molar-refractivity contribution < 1.29 is 23.7 Å². The van der Waals surface area contributed by atoms with Gasteiger partial charge in [0.2, 0.25) is 5.95 Å². The number of benzene rings is 1. The molecule has 1 aliphatic heterocycles. The van der Waals surface area contributed by atoms with E-state index in [9.17, 15) is 0 Å². The zero-order valence-electron chi connectivity index (χ0n) is 20.5. The van der Waals surface area contributed by atoms with Crippen LogP contribution < -0.4 is 19.5 Å². The SMILES string of the molecule is C=CCOc1cccc(C(OCC)(OCC)N2CCC(Nc3nc(OC)nc(OC)n3)CC2)c1. The van der Waals surface area contributed by atoms with E-state index in [0.29, 0.717) is 25.8 Å². The van der Waals surface area contributed by atoms with Crippen molar-refractivity contribution in [2.75, 3.05) is 52.4 Å². The van der Waals surface area contributed by atoms with Gasteiger partial charge in [-0.1, -0.05) is 24.8 Å². The largest absolute Gasteiger partial charge is 0.490 e. The molecule has 2 heterocycles. The minimum atomic E-state index is -0.998. The predicted octanol–water partition coefficient (Wildman–Crippen LogP) is 3.21. The van der Waals surface area contributed by atoms with Crippen LogP contribution in [0.2, 0.25) is 0 Å². The number of piperidine rings is 1. The van der Waals surface area contributed by atoms with Gasteiger partial charge in [0.25, 0.3) is 5.91 Å². The van der Waals surface area contributed by atoms with E-state index in [2.05, 4.69) is 31.7 Å². The normalized spacial score (nSPS) is 15.1. The van der Waals surface area contributed by atoms with E-state index < -0.39 is 5.91 Å². The number of rotatable bonds is 13. The van der Waals surface area contributed by atoms with Crippen LogP contribution in [-0.2, 0) is 15.4 Å². The van der Waals surface area contributed by atoms with Crippen LogP contribution in [-0.4, -0.2) is 73.0 Å². The highest BCUT2D eigenvalue weighted by molar-refractivity contribution is 5.32. The van der Waals surface area contributed by atoms with Gasteiger partial charge in [-0.3, -0.25) is 0 Å². The quantitative estimate of drug-likeness (QED) is 0.345. The van der Waals surface area contributed by atoms with Gasteiger partial charge in [0.1, 0.15) is 12.4 Å². The van der Waals surface area contributed by atoms with Crippen molar-refractivity contribution in [2.45, 2.75) is 38.6 Å². The molecule has 0 bridgehead atoms. The zero-order valence-corrected chi connectivity index (χ0v) is 20.5. The maximum atomic E-state index is 6.31. The van der Waals surface area contributed by atoms with Crippen LogP contribution in [0.25, 0.3) is 0 Å². The number of methoxy groups -OCH3 is 2. The third-order valence-electron chi connectivity index (χ3n) is 5.45. The van der Waals surface area contributed by atoms with Crippen LogP contribution in [0.5, 0.6) is 17.8 Å². The number of ether oxygens (including phenoxy) is 5. The lowest BCUT2D eigenvalue weighted by atomic mass is 10.0. The highest BCUT2D eigenvalue weighted by Crippen LogP contribution is 2.36. The summed E-state index contributed by atoms with van der Waals surface area (Å²) in [6, 6.07) is 8.44. The van der Waals surface area contributed by atoms with Gasteiger partial charge in [-0.2, -0.15) is 9.97 Å². The van der Waals surface area contributed by atoms with E-state index in [1.807, 2.05) is 38.1 Å². The summed E-state index contributed by atoms with van der Waals surface area (Å²) in [5.74, 6) is 0.173. The van der Waals surface area contributed by atoms with E-state index in [0.717, 1.165) is 37.2 Å². The Labute approximate surface area is 201 Å². The molecule has 10 nitrogen and oxygen atoms in total. The highest BCUT2D eigenvalue weighted by atomic mass is 16.7. The molecule has 0 atom stereocenters. The lowest BCUT2D eigenvalue weighted by Gasteiger charge is -2.46. The first-order valence-electron chi connectivity index (χ1n) is 11.6. The van der Waals surface area contributed by atoms with Crippen molar-refractivity contribution in [2.24, 2.45) is 0 Å². The minimum absolute atomic E-state index is 0.163. The Morgan fingerprint density at radius 1 is 1.06 bits per heavy atom. The Morgan fingerprint density at radius 3 is 2.26 bits per heavy atom. The Hall–Kier alpha value is -2.95. The third kappa shape index (κ3) is 6.13. The van der Waals surface area contributed by atoms with Crippen molar-refractivity contribution >= 4 is 5.95 Å². The third-order valence-corrected chi connectivity index (χ3v) is 5.45. The summed E-state index contributed by atoms with van der Waals surface area (Å²) in [6.45, 7) is 10.6. The maximum absolute atomic E-state index is 6.31. The molecule has 0 aliphatic carbocycles. The standard InChI is InChI=1S/C24H35N5O5/c1-6-16-32-20-11-9-10-18(17-20)24(33-7-2,34-8-3)29-14-12-19(13-15-29)25-21-26-22(30-4)28-23(27-21)31-5/h6,9-11,17,19H,1,7-8,12-16H2,2-5H3,(H,25,26,27,28). The van der Waals surface area contributed by atoms with Crippen molar-refractivity contribution in [1.29, 1.82) is 0 Å². The molecule has 3 rings (SSSR count). The van der Waals surface area contributed by atoms with E-state index in [1.165, 1.54) is 14.2 Å². The molecule has 0 saturated carbocycles. The summed E-state index contributed by atoms with van der Waals surface area (Å²) in [6.07, 6.45) is 3.40. The predicted molar refractivity (Wildman–Crippen MR) is 128 cm³/mol. The number of hydrogen-bond acceptors (Lipinski definition) is 10. The lowest BCUT2D eigenvalue weighted by molar-refractivity contribution is -0.330. The minimum Gasteiger partial charge on any atom is -0.490 e. The van der Waals surface area contributed by atoms with Crippen molar-refractivity contribution in [3.8, 4) is 17.8 Å². The molecule has 1 aromatic carbocycles. The number of nitrogens with zero attached hydrogens (tertiary/aromatic N) is 4. The first kappa shape index (κ1) is 25.7. The molecule has 0 unspecified atom stereocenters. The van der Waals surface area contributed by atoms with Gasteiger partial charge in [0, 0.05) is 37.9 Å². The molecule has 1 fully saturated rings. The number of aromatic nitrogens is 3. The van der Waals surface area contributed by atoms with Gasteiger partial charge in [-0.15, -0.1) is 4.98 Å². The number of anilines is 1. The first-order chi connectivity index (χ1) is 16.6. The van der Waals surface area contributed by atoms with Crippen LogP contribution in [0.3, 0.4) is 0 Å². The van der Waals surface area contributed by atoms with Crippen LogP contribution in [0.4, 0.5) is 5.95 Å². The summed E-state index contributed by atoms with van der Waals surface area (Å²) >= 11 is 0. The fraction of sp³-hybridized carbons (Fsp3) is 0.542. The molecule has 10 heteroatoms. The summed E-state index contributed by atoms with van der Waals surface area (Å²) in [5, 5.41) is 3.38. The van der Waals surface area contributed by atoms with Crippen LogP contribution in [0, 0.1) is 0 Å². The van der Waals surface area contributed by atoms with Crippen LogP contribution in [0.1, 0.15) is 32.3 Å². The highest BCUT2D eigenvalue weighted by Gasteiger charge is 2.42. The van der Waals surface area contributed by atoms with E-state index in [4.69, 9.17) is 23.7 Å². The van der Waals surface area contributed by atoms with Gasteiger partial charge >= 0.3 is 12.0 Å². The second-order valence-corrected chi connectivity index (χ2v) is 7.61. The molecule has 0 radical (unpaired) electrons. The second kappa shape index (κ2) is 12.5. The smallest absolute Gasteiger partial charge is 0.324 e. The topological polar surface area (TPSA) is 100 Å². The van der Waals surface area contributed by atoms with Gasteiger partial charge in [-0.25, -0.2) is 4.90 Å². The fourth-order valence-electron chi connectivity index (χ4n) is 3.99. The summed E-state index contributed by atoms with van der Waals surface area (Å²) in [7, 11) is 3.02. The molecule has 0 spiro atoms. The molecule has 0 amide bonds. The Bertz CT molecular complexity index is 892. The average Bonchev–Trinajstić information content (AvgIpc) is 2.87. The van der Waals surface area contributed by atoms with E-state index >= 15 is 0 Å². The molecule has 1 N–H and O–H groups in total. The van der Waals surface area contributed by atoms with Gasteiger partial charge in [0.05, 0.1) is 14.2 Å². The van der Waals surface area contributed by atoms with E-state index in [-0.39, 0.29) is 18.1 Å². The summed E-state index contributed by atoms with van der Waals surface area (Å²) < 4.78 is 28.7. The number of nitrogens with one attached hydrogen (secondary N) is 1. The zero-order chi connectivity index (χ0) is 24.4. The molecule has 1 aromatic heterocycles. The van der Waals surface area contributed by atoms with Gasteiger partial charge in [0.15, 0.2) is 0 Å². The molecular weight excluding hydrogens is 438 g/mol. The molecule has 34 heavy (non-hydrogen) atoms. The number of likely N-dealkylation sites (tertiary alicyclic amines) is 1. The fourth-order valence-corrected chi connectivity index (χ4v) is 3.99. The average molecular weight is 474 g/mol. The maximum Gasteiger partial charge on any atom is 0.324 e. The Morgan fingerprint density at radius 2 is 1.71 bits per heavy atom. The molecular formula is C24H35N5O5. The van der Waals surface area contributed by atoms with E-state index in [1.54, 1.807) is 6.08 Å². The molecule has 1 aliphatic rings. The monoisotopic (exact) mass is 473 g/mol. The summed E-state index contributed by atoms with van der Waals surface area (Å²) in [4.78, 5) is 14.8. The van der Waals surface area contributed by atoms with Crippen LogP contribution in [0.15, 0.2) is 36.9 Å². The van der Waals surface area contributed by atoms with Crippen molar-refractivity contribution in [1.82, 2.24) is 19.9 Å². The van der Waals surface area contributed by atoms with Crippen molar-refractivity contribution in [3.63, 3.8) is 0 Å². The first-order valence-corrected chi connectivity index (χ1v) is 11.6. The Kier molecular flexibility index (Phi) is 9.43. The second-order valence-electron chi connectivity index (χ2n) is 7.61. The van der Waals surface area contributed by atoms with Gasteiger partial charge in [-0.05, 0) is 38.8 Å². The van der Waals surface area contributed by atoms with Crippen LogP contribution >= 0.6 is 0 Å². The molecule has 2 aromatic rings.